The molecule has 0 spiro atoms. The Bertz CT molecular complexity index is 411. The number of Topliss-reactive ketones (excluding diaryl/α,β-unsaturated/α-hetero) is 1. The number of unbranched alkanes of at least 4 members (excludes halogenated alkanes) is 3. The van der Waals surface area contributed by atoms with Gasteiger partial charge < -0.3 is 5.11 Å². The minimum absolute atomic E-state index is 0.0858. The zero-order chi connectivity index (χ0) is 13.0. The van der Waals surface area contributed by atoms with Crippen LogP contribution in [0.15, 0.2) is 24.3 Å². The van der Waals surface area contributed by atoms with Gasteiger partial charge in [0, 0.05) is 5.56 Å². The fourth-order valence-electron chi connectivity index (χ4n) is 2.80. The lowest BCUT2D eigenvalue weighted by molar-refractivity contribution is 0.0550. The molecule has 2 heteroatoms. The fourth-order valence-corrected chi connectivity index (χ4v) is 2.80. The van der Waals surface area contributed by atoms with Crippen LogP contribution in [0.2, 0.25) is 0 Å². The molecule has 0 heterocycles. The molecule has 1 N–H and O–H groups in total. The summed E-state index contributed by atoms with van der Waals surface area (Å²) in [5.74, 6) is 0.0293. The van der Waals surface area contributed by atoms with Gasteiger partial charge in [0.15, 0.2) is 5.78 Å². The van der Waals surface area contributed by atoms with Gasteiger partial charge in [0.05, 0.1) is 0 Å². The Morgan fingerprint density at radius 2 is 2.00 bits per heavy atom. The van der Waals surface area contributed by atoms with Gasteiger partial charge in [0.25, 0.3) is 0 Å². The van der Waals surface area contributed by atoms with E-state index in [2.05, 4.69) is 6.92 Å². The van der Waals surface area contributed by atoms with Gasteiger partial charge >= 0.3 is 0 Å². The van der Waals surface area contributed by atoms with Gasteiger partial charge in [-0.1, -0.05) is 56.9 Å². The Labute approximate surface area is 109 Å². The monoisotopic (exact) mass is 246 g/mol. The zero-order valence-corrected chi connectivity index (χ0v) is 11.1. The first-order valence-corrected chi connectivity index (χ1v) is 7.04. The molecule has 0 fully saturated rings. The molecule has 0 bridgehead atoms. The molecule has 98 valence electrons. The van der Waals surface area contributed by atoms with Crippen LogP contribution in [0.25, 0.3) is 0 Å². The van der Waals surface area contributed by atoms with Crippen molar-refractivity contribution < 1.29 is 9.90 Å². The third-order valence-electron chi connectivity index (χ3n) is 3.91. The summed E-state index contributed by atoms with van der Waals surface area (Å²) >= 11 is 0. The largest absolute Gasteiger partial charge is 0.385 e. The molecule has 0 saturated carbocycles. The molecule has 2 nitrogen and oxygen atoms in total. The molecule has 0 aliphatic heterocycles. The molecular weight excluding hydrogens is 224 g/mol. The molecule has 1 aliphatic rings. The summed E-state index contributed by atoms with van der Waals surface area (Å²) in [6, 6.07) is 7.68. The van der Waals surface area contributed by atoms with E-state index in [-0.39, 0.29) is 11.7 Å². The molecule has 2 rings (SSSR count). The number of hydrogen-bond donors (Lipinski definition) is 1. The summed E-state index contributed by atoms with van der Waals surface area (Å²) in [6.07, 6.45) is 5.79. The number of carbonyl (C=O) groups is 1. The number of rotatable bonds is 5. The number of aliphatic hydroxyl groups is 1. The molecule has 0 radical (unpaired) electrons. The fraction of sp³-hybridized carbons (Fsp3) is 0.562. The molecule has 18 heavy (non-hydrogen) atoms. The standard InChI is InChI=1S/C16H22O2/c1-2-3-4-5-9-13-11-12-8-6-7-10-14(12)16(18)15(13)17/h6-8,10,13,15,17H,2-5,9,11H2,1H3. The topological polar surface area (TPSA) is 37.3 Å². The van der Waals surface area contributed by atoms with Crippen LogP contribution in [0, 0.1) is 5.92 Å². The maximum Gasteiger partial charge on any atom is 0.191 e. The van der Waals surface area contributed by atoms with Crippen LogP contribution in [0.5, 0.6) is 0 Å². The van der Waals surface area contributed by atoms with E-state index in [0.29, 0.717) is 0 Å². The van der Waals surface area contributed by atoms with E-state index in [1.807, 2.05) is 24.3 Å². The Balaban J connectivity index is 2.00. The van der Waals surface area contributed by atoms with E-state index < -0.39 is 6.10 Å². The van der Waals surface area contributed by atoms with Crippen LogP contribution in [-0.4, -0.2) is 17.0 Å². The molecule has 0 amide bonds. The van der Waals surface area contributed by atoms with E-state index in [1.54, 1.807) is 0 Å². The van der Waals surface area contributed by atoms with Crippen molar-refractivity contribution in [2.75, 3.05) is 0 Å². The average Bonchev–Trinajstić information content (AvgIpc) is 2.40. The van der Waals surface area contributed by atoms with Crippen LogP contribution in [-0.2, 0) is 6.42 Å². The van der Waals surface area contributed by atoms with E-state index in [1.165, 1.54) is 19.3 Å². The summed E-state index contributed by atoms with van der Waals surface area (Å²) in [5.41, 5.74) is 1.82. The lowest BCUT2D eigenvalue weighted by atomic mass is 9.78. The minimum atomic E-state index is -0.790. The summed E-state index contributed by atoms with van der Waals surface area (Å²) in [5, 5.41) is 10.1. The Morgan fingerprint density at radius 1 is 1.22 bits per heavy atom. The molecule has 1 aromatic carbocycles. The molecule has 2 atom stereocenters. The molecular formula is C16H22O2. The van der Waals surface area contributed by atoms with Crippen molar-refractivity contribution in [3.05, 3.63) is 35.4 Å². The van der Waals surface area contributed by atoms with Gasteiger partial charge in [0.1, 0.15) is 6.10 Å². The number of benzene rings is 1. The predicted molar refractivity (Wildman–Crippen MR) is 72.7 cm³/mol. The van der Waals surface area contributed by atoms with Crippen molar-refractivity contribution in [1.82, 2.24) is 0 Å². The second-order valence-corrected chi connectivity index (χ2v) is 5.28. The maximum absolute atomic E-state index is 12.1. The Morgan fingerprint density at radius 3 is 2.78 bits per heavy atom. The van der Waals surface area contributed by atoms with E-state index in [0.717, 1.165) is 30.4 Å². The second-order valence-electron chi connectivity index (χ2n) is 5.28. The number of carbonyl (C=O) groups excluding carboxylic acids is 1. The highest BCUT2D eigenvalue weighted by Crippen LogP contribution is 2.29. The van der Waals surface area contributed by atoms with Crippen molar-refractivity contribution in [3.63, 3.8) is 0 Å². The molecule has 0 aromatic heterocycles. The van der Waals surface area contributed by atoms with E-state index in [9.17, 15) is 9.90 Å². The zero-order valence-electron chi connectivity index (χ0n) is 11.1. The van der Waals surface area contributed by atoms with Gasteiger partial charge in [-0.15, -0.1) is 0 Å². The average molecular weight is 246 g/mol. The normalized spacial score (nSPS) is 22.9. The predicted octanol–water partition coefficient (Wildman–Crippen LogP) is 3.37. The summed E-state index contributed by atoms with van der Waals surface area (Å²) in [4.78, 5) is 12.1. The van der Waals surface area contributed by atoms with Gasteiger partial charge in [-0.25, -0.2) is 0 Å². The SMILES string of the molecule is CCCCCCC1Cc2ccccc2C(=O)C1O. The Kier molecular flexibility index (Phi) is 4.54. The quantitative estimate of drug-likeness (QED) is 0.809. The third kappa shape index (κ3) is 2.81. The van der Waals surface area contributed by atoms with Gasteiger partial charge in [-0.2, -0.15) is 0 Å². The molecule has 2 unspecified atom stereocenters. The van der Waals surface area contributed by atoms with Gasteiger partial charge in [-0.3, -0.25) is 4.79 Å². The summed E-state index contributed by atoms with van der Waals surface area (Å²) < 4.78 is 0. The highest BCUT2D eigenvalue weighted by atomic mass is 16.3. The summed E-state index contributed by atoms with van der Waals surface area (Å²) in [7, 11) is 0. The lowest BCUT2D eigenvalue weighted by Gasteiger charge is -2.28. The first-order valence-electron chi connectivity index (χ1n) is 7.04. The van der Waals surface area contributed by atoms with Crippen molar-refractivity contribution in [2.24, 2.45) is 5.92 Å². The highest BCUT2D eigenvalue weighted by molar-refractivity contribution is 6.01. The Hall–Kier alpha value is -1.15. The van der Waals surface area contributed by atoms with Gasteiger partial charge in [0.2, 0.25) is 0 Å². The van der Waals surface area contributed by atoms with Crippen LogP contribution < -0.4 is 0 Å². The first-order chi connectivity index (χ1) is 8.74. The third-order valence-corrected chi connectivity index (χ3v) is 3.91. The smallest absolute Gasteiger partial charge is 0.191 e. The summed E-state index contributed by atoms with van der Waals surface area (Å²) in [6.45, 7) is 2.19. The number of aliphatic hydroxyl groups excluding tert-OH is 1. The first kappa shape index (κ1) is 13.3. The second kappa shape index (κ2) is 6.14. The van der Waals surface area contributed by atoms with Gasteiger partial charge in [-0.05, 0) is 24.3 Å². The van der Waals surface area contributed by atoms with E-state index in [4.69, 9.17) is 0 Å². The maximum atomic E-state index is 12.1. The van der Waals surface area contributed by atoms with Crippen molar-refractivity contribution >= 4 is 5.78 Å². The van der Waals surface area contributed by atoms with Crippen LogP contribution in [0.4, 0.5) is 0 Å². The molecule has 1 aromatic rings. The molecule has 1 aliphatic carbocycles. The van der Waals surface area contributed by atoms with E-state index >= 15 is 0 Å². The van der Waals surface area contributed by atoms with Crippen LogP contribution in [0.1, 0.15) is 54.9 Å². The van der Waals surface area contributed by atoms with Crippen LogP contribution >= 0.6 is 0 Å². The molecule has 0 saturated heterocycles. The van der Waals surface area contributed by atoms with Crippen molar-refractivity contribution in [1.29, 1.82) is 0 Å². The number of hydrogen-bond acceptors (Lipinski definition) is 2. The van der Waals surface area contributed by atoms with Crippen molar-refractivity contribution in [3.8, 4) is 0 Å². The lowest BCUT2D eigenvalue weighted by Crippen LogP contribution is -2.36. The number of ketones is 1. The number of fused-ring (bicyclic) bond motifs is 1. The van der Waals surface area contributed by atoms with Crippen LogP contribution in [0.3, 0.4) is 0 Å². The minimum Gasteiger partial charge on any atom is -0.385 e. The highest BCUT2D eigenvalue weighted by Gasteiger charge is 2.33. The van der Waals surface area contributed by atoms with Crippen molar-refractivity contribution in [2.45, 2.75) is 51.6 Å².